The maximum absolute atomic E-state index is 14.5. The Kier molecular flexibility index (Phi) is 5.43. The summed E-state index contributed by atoms with van der Waals surface area (Å²) < 4.78 is 60.1. The Morgan fingerprint density at radius 3 is 2.93 bits per heavy atom. The van der Waals surface area contributed by atoms with E-state index in [0.29, 0.717) is 17.1 Å². The van der Waals surface area contributed by atoms with E-state index in [1.54, 1.807) is 0 Å². The number of ether oxygens (including phenoxy) is 1. The third-order valence-corrected chi connectivity index (χ3v) is 6.98. The number of pyridine rings is 1. The van der Waals surface area contributed by atoms with E-state index in [4.69, 9.17) is 16.3 Å². The number of hydrogen-bond acceptors (Lipinski definition) is 5. The van der Waals surface area contributed by atoms with Crippen molar-refractivity contribution in [2.45, 2.75) is 37.4 Å². The monoisotopic (exact) mass is 463 g/mol. The topological polar surface area (TPSA) is 79.9 Å². The molecule has 7 nitrogen and oxygen atoms in total. The molecular weight excluding hydrogens is 446 g/mol. The molecule has 0 aromatic carbocycles. The van der Waals surface area contributed by atoms with Crippen LogP contribution < -0.4 is 15.6 Å². The molecule has 2 saturated heterocycles. The first kappa shape index (κ1) is 21.3. The zero-order chi connectivity index (χ0) is 21.7. The Morgan fingerprint density at radius 2 is 2.20 bits per heavy atom. The van der Waals surface area contributed by atoms with Crippen molar-refractivity contribution in [1.29, 1.82) is 0 Å². The summed E-state index contributed by atoms with van der Waals surface area (Å²) in [6.45, 7) is 0.263. The Balaban J connectivity index is 1.71. The van der Waals surface area contributed by atoms with Gasteiger partial charge in [0, 0.05) is 19.3 Å². The summed E-state index contributed by atoms with van der Waals surface area (Å²) in [6.07, 6.45) is -1.87. The van der Waals surface area contributed by atoms with Crippen LogP contribution >= 0.6 is 11.6 Å². The lowest BCUT2D eigenvalue weighted by atomic mass is 9.95. The molecule has 4 heterocycles. The fourth-order valence-corrected chi connectivity index (χ4v) is 5.26. The third kappa shape index (κ3) is 3.54. The number of alkyl halides is 3. The fourth-order valence-electron chi connectivity index (χ4n) is 4.46. The van der Waals surface area contributed by atoms with Gasteiger partial charge >= 0.3 is 16.4 Å². The van der Waals surface area contributed by atoms with Crippen molar-refractivity contribution < 1.29 is 26.4 Å². The molecule has 2 N–H and O–H groups in total. The number of rotatable bonds is 6. The lowest BCUT2D eigenvalue weighted by Gasteiger charge is -2.40. The van der Waals surface area contributed by atoms with Gasteiger partial charge in [-0.25, -0.2) is 17.6 Å². The molecular formula is C17H18ClF4N5O2Si+. The highest BCUT2D eigenvalue weighted by atomic mass is 35.5. The lowest BCUT2D eigenvalue weighted by molar-refractivity contribution is -0.845. The fraction of sp³-hybridized carbons (Fsp3) is 0.588. The molecule has 30 heavy (non-hydrogen) atoms. The number of nitrogens with one attached hydrogen (secondary N) is 2. The van der Waals surface area contributed by atoms with Crippen molar-refractivity contribution in [2.75, 3.05) is 31.6 Å². The summed E-state index contributed by atoms with van der Waals surface area (Å²) in [6, 6.07) is -0.318. The number of quaternary nitrogens is 1. The predicted molar refractivity (Wildman–Crippen MR) is 102 cm³/mol. The second-order valence-electron chi connectivity index (χ2n) is 7.72. The summed E-state index contributed by atoms with van der Waals surface area (Å²) >= 11 is 5.69. The molecule has 0 bridgehead atoms. The maximum atomic E-state index is 14.5. The molecule has 2 aliphatic rings. The highest BCUT2D eigenvalue weighted by Gasteiger charge is 2.59. The van der Waals surface area contributed by atoms with Gasteiger partial charge in [0.2, 0.25) is 0 Å². The number of hydrogen-bond donors (Lipinski definition) is 2. The first-order chi connectivity index (χ1) is 14.1. The van der Waals surface area contributed by atoms with Gasteiger partial charge in [-0.3, -0.25) is 4.79 Å². The number of nitrogens with zero attached hydrogens (tertiary/aromatic N) is 3. The average molecular weight is 464 g/mol. The van der Waals surface area contributed by atoms with Gasteiger partial charge in [0.25, 0.3) is 12.0 Å². The molecule has 161 valence electrons. The van der Waals surface area contributed by atoms with Gasteiger partial charge in [0.1, 0.15) is 34.0 Å². The molecule has 4 rings (SSSR count). The SMILES string of the molecule is O=c1[nH]c(Cl)c(F)c2nc(OC[C@@]34CCC[N+]3([Si])C[C@H](F)C4)nc(NCC(F)F)c12. The quantitative estimate of drug-likeness (QED) is 0.390. The second-order valence-corrected chi connectivity index (χ2v) is 8.96. The molecule has 13 heteroatoms. The van der Waals surface area contributed by atoms with Crippen molar-refractivity contribution in [3.05, 3.63) is 21.3 Å². The number of H-pyrrole nitrogens is 1. The third-order valence-electron chi connectivity index (χ3n) is 5.83. The van der Waals surface area contributed by atoms with E-state index in [0.717, 1.165) is 13.0 Å². The number of aromatic nitrogens is 3. The van der Waals surface area contributed by atoms with Crippen LogP contribution in [-0.4, -0.2) is 73.9 Å². The summed E-state index contributed by atoms with van der Waals surface area (Å²) in [7, 11) is 3.69. The summed E-state index contributed by atoms with van der Waals surface area (Å²) in [5, 5.41) is 1.40. The Hall–Kier alpha value is -1.92. The molecule has 2 aromatic rings. The van der Waals surface area contributed by atoms with E-state index >= 15 is 0 Å². The van der Waals surface area contributed by atoms with Gasteiger partial charge < -0.3 is 19.2 Å². The molecule has 0 amide bonds. The summed E-state index contributed by atoms with van der Waals surface area (Å²) in [4.78, 5) is 22.2. The van der Waals surface area contributed by atoms with E-state index in [1.807, 2.05) is 0 Å². The van der Waals surface area contributed by atoms with Crippen molar-refractivity contribution in [3.63, 3.8) is 0 Å². The van der Waals surface area contributed by atoms with Crippen LogP contribution in [-0.2, 0) is 0 Å². The second kappa shape index (κ2) is 7.64. The van der Waals surface area contributed by atoms with E-state index < -0.39 is 46.7 Å². The van der Waals surface area contributed by atoms with Crippen LogP contribution in [0, 0.1) is 5.82 Å². The Labute approximate surface area is 176 Å². The minimum atomic E-state index is -2.74. The smallest absolute Gasteiger partial charge is 0.450 e. The largest absolute Gasteiger partial charge is 0.457 e. The van der Waals surface area contributed by atoms with Crippen LogP contribution in [0.2, 0.25) is 5.15 Å². The minimum absolute atomic E-state index is 0.0370. The lowest BCUT2D eigenvalue weighted by Crippen LogP contribution is -2.57. The number of anilines is 1. The highest BCUT2D eigenvalue weighted by molar-refractivity contribution is 6.30. The molecule has 1 unspecified atom stereocenters. The molecule has 0 spiro atoms. The predicted octanol–water partition coefficient (Wildman–Crippen LogP) is 2.34. The van der Waals surface area contributed by atoms with Crippen molar-refractivity contribution in [3.8, 4) is 6.01 Å². The van der Waals surface area contributed by atoms with Crippen molar-refractivity contribution in [2.24, 2.45) is 0 Å². The van der Waals surface area contributed by atoms with Gasteiger partial charge in [-0.15, -0.1) is 0 Å². The zero-order valence-electron chi connectivity index (χ0n) is 15.7. The van der Waals surface area contributed by atoms with E-state index in [-0.39, 0.29) is 30.2 Å². The van der Waals surface area contributed by atoms with Gasteiger partial charge in [0.05, 0.1) is 19.6 Å². The number of aromatic amines is 1. The zero-order valence-corrected chi connectivity index (χ0v) is 17.4. The van der Waals surface area contributed by atoms with Gasteiger partial charge in [0.15, 0.2) is 12.0 Å². The molecule has 0 saturated carbocycles. The van der Waals surface area contributed by atoms with Crippen LogP contribution in [0.1, 0.15) is 19.3 Å². The molecule has 2 fully saturated rings. The minimum Gasteiger partial charge on any atom is -0.457 e. The van der Waals surface area contributed by atoms with Gasteiger partial charge in [-0.05, 0) is 0 Å². The number of fused-ring (bicyclic) bond motifs is 2. The first-order valence-corrected chi connectivity index (χ1v) is 10.2. The van der Waals surface area contributed by atoms with Crippen molar-refractivity contribution >= 4 is 38.7 Å². The normalized spacial score (nSPS) is 28.3. The van der Waals surface area contributed by atoms with Crippen LogP contribution in [0.15, 0.2) is 4.79 Å². The van der Waals surface area contributed by atoms with Gasteiger partial charge in [-0.1, -0.05) is 11.6 Å². The van der Waals surface area contributed by atoms with E-state index in [1.165, 1.54) is 0 Å². The Morgan fingerprint density at radius 1 is 1.43 bits per heavy atom. The van der Waals surface area contributed by atoms with Crippen LogP contribution in [0.4, 0.5) is 23.4 Å². The highest BCUT2D eigenvalue weighted by Crippen LogP contribution is 2.45. The van der Waals surface area contributed by atoms with Crippen LogP contribution in [0.25, 0.3) is 10.9 Å². The Bertz CT molecular complexity index is 1040. The van der Waals surface area contributed by atoms with Gasteiger partial charge in [-0.2, -0.15) is 9.97 Å². The first-order valence-electron chi connectivity index (χ1n) is 9.34. The number of halogens is 5. The van der Waals surface area contributed by atoms with Crippen LogP contribution in [0.5, 0.6) is 6.01 Å². The molecule has 2 aliphatic heterocycles. The molecule has 3 radical (unpaired) electrons. The summed E-state index contributed by atoms with van der Waals surface area (Å²) in [5.41, 5.74) is -1.83. The van der Waals surface area contributed by atoms with E-state index in [2.05, 4.69) is 30.7 Å². The van der Waals surface area contributed by atoms with Crippen molar-refractivity contribution in [1.82, 2.24) is 15.0 Å². The van der Waals surface area contributed by atoms with Crippen LogP contribution in [0.3, 0.4) is 0 Å². The molecule has 0 aliphatic carbocycles. The van der Waals surface area contributed by atoms with E-state index in [9.17, 15) is 22.4 Å². The molecule has 2 aromatic heterocycles. The molecule has 3 atom stereocenters. The summed E-state index contributed by atoms with van der Waals surface area (Å²) in [5.74, 6) is -1.34. The average Bonchev–Trinajstić information content (AvgIpc) is 3.10. The standard InChI is InChI=1S/C17H18ClF4N5O2Si/c18-13-11(22)12-10(15(28)25-13)14(23-5-9(20)21)26-16(24-12)29-7-17-2-1-3-27(17,30)6-8(19)4-17/h8-9H,1-7H2,(H,25,28)(H,23,24,26)/q+1/t8-,17+,27?/m1/s1. The maximum Gasteiger partial charge on any atom is 0.450 e.